The van der Waals surface area contributed by atoms with Gasteiger partial charge in [-0.3, -0.25) is 0 Å². The molecule has 64 heavy (non-hydrogen) atoms. The van der Waals surface area contributed by atoms with Gasteiger partial charge in [0.2, 0.25) is 0 Å². The van der Waals surface area contributed by atoms with Crippen molar-refractivity contribution in [2.24, 2.45) is 0 Å². The molecule has 0 fully saturated rings. The molecule has 3 heteroatoms. The van der Waals surface area contributed by atoms with E-state index in [1.54, 1.807) is 0 Å². The number of para-hydroxylation sites is 1. The highest BCUT2D eigenvalue weighted by molar-refractivity contribution is 5.98. The number of benzene rings is 10. The van der Waals surface area contributed by atoms with E-state index in [0.717, 1.165) is 56.2 Å². The number of fused-ring (bicyclic) bond motifs is 13. The van der Waals surface area contributed by atoms with Gasteiger partial charge in [-0.25, -0.2) is 0 Å². The molecule has 10 aromatic rings. The molecule has 10 aromatic carbocycles. The number of ether oxygens (including phenoxy) is 2. The highest BCUT2D eigenvalue weighted by Crippen LogP contribution is 2.67. The molecule has 3 nitrogen and oxygen atoms in total. The van der Waals surface area contributed by atoms with Crippen LogP contribution in [0, 0.1) is 0 Å². The average molecular weight is 818 g/mol. The summed E-state index contributed by atoms with van der Waals surface area (Å²) in [5, 5.41) is 0. The van der Waals surface area contributed by atoms with E-state index < -0.39 is 5.41 Å². The first-order valence-corrected chi connectivity index (χ1v) is 21.9. The Morgan fingerprint density at radius 3 is 1.38 bits per heavy atom. The quantitative estimate of drug-likeness (QED) is 0.167. The smallest absolute Gasteiger partial charge is 0.194 e. The van der Waals surface area contributed by atoms with Gasteiger partial charge < -0.3 is 14.4 Å². The maximum atomic E-state index is 7.44. The number of hydrogen-bond donors (Lipinski definition) is 0. The first-order chi connectivity index (χ1) is 31.7. The third-order valence-corrected chi connectivity index (χ3v) is 13.3. The first kappa shape index (κ1) is 36.3. The van der Waals surface area contributed by atoms with Crippen LogP contribution in [0.3, 0.4) is 0 Å². The summed E-state index contributed by atoms with van der Waals surface area (Å²) in [6, 6.07) is 84.7. The minimum Gasteiger partial charge on any atom is -0.449 e. The fourth-order valence-corrected chi connectivity index (χ4v) is 10.6. The Bertz CT molecular complexity index is 3420. The van der Waals surface area contributed by atoms with Crippen molar-refractivity contribution in [3.63, 3.8) is 0 Å². The molecule has 0 N–H and O–H groups in total. The topological polar surface area (TPSA) is 21.7 Å². The SMILES string of the molecule is c1ccc(-c2cccc(-c3cccc(N(c4cccc(-c5ccccc5)c4)c4cccc5c4Oc4c(ccc6c4-c4ccccc4C64c6ccccc6-c6ccccc64)O5)c3)c2)cc1. The van der Waals surface area contributed by atoms with Gasteiger partial charge in [0, 0.05) is 16.9 Å². The van der Waals surface area contributed by atoms with E-state index in [1.807, 2.05) is 6.07 Å². The minimum absolute atomic E-state index is 0.501. The Kier molecular flexibility index (Phi) is 8.13. The fourth-order valence-electron chi connectivity index (χ4n) is 10.6. The summed E-state index contributed by atoms with van der Waals surface area (Å²) in [6.07, 6.45) is 0. The molecule has 1 aliphatic heterocycles. The molecule has 0 aromatic heterocycles. The monoisotopic (exact) mass is 817 g/mol. The number of nitrogens with zero attached hydrogens (tertiary/aromatic N) is 1. The van der Waals surface area contributed by atoms with Crippen LogP contribution in [0.2, 0.25) is 0 Å². The van der Waals surface area contributed by atoms with Gasteiger partial charge in [-0.05, 0) is 121 Å². The van der Waals surface area contributed by atoms with E-state index in [0.29, 0.717) is 17.2 Å². The molecule has 300 valence electrons. The van der Waals surface area contributed by atoms with Crippen LogP contribution >= 0.6 is 0 Å². The van der Waals surface area contributed by atoms with Gasteiger partial charge in [0.25, 0.3) is 0 Å². The molecule has 0 saturated carbocycles. The van der Waals surface area contributed by atoms with Crippen LogP contribution in [0.4, 0.5) is 17.1 Å². The Morgan fingerprint density at radius 1 is 0.297 bits per heavy atom. The zero-order chi connectivity index (χ0) is 42.2. The first-order valence-electron chi connectivity index (χ1n) is 21.9. The maximum absolute atomic E-state index is 7.44. The summed E-state index contributed by atoms with van der Waals surface area (Å²) in [6.45, 7) is 0. The molecule has 0 atom stereocenters. The van der Waals surface area contributed by atoms with E-state index in [-0.39, 0.29) is 0 Å². The fraction of sp³-hybridized carbons (Fsp3) is 0.0164. The number of rotatable bonds is 6. The Hall–Kier alpha value is -8.40. The summed E-state index contributed by atoms with van der Waals surface area (Å²) in [5.74, 6) is 2.76. The van der Waals surface area contributed by atoms with Gasteiger partial charge in [-0.1, -0.05) is 188 Å². The van der Waals surface area contributed by atoms with Crippen molar-refractivity contribution in [1.29, 1.82) is 0 Å². The lowest BCUT2D eigenvalue weighted by atomic mass is 9.70. The molecule has 0 unspecified atom stereocenters. The molecule has 0 radical (unpaired) electrons. The molecule has 0 amide bonds. The van der Waals surface area contributed by atoms with Crippen molar-refractivity contribution in [3.8, 4) is 78.6 Å². The van der Waals surface area contributed by atoms with Crippen LogP contribution in [-0.4, -0.2) is 0 Å². The highest BCUT2D eigenvalue weighted by atomic mass is 16.6. The van der Waals surface area contributed by atoms with Crippen LogP contribution in [0.5, 0.6) is 23.0 Å². The van der Waals surface area contributed by atoms with Crippen LogP contribution in [0.1, 0.15) is 22.3 Å². The van der Waals surface area contributed by atoms with E-state index in [2.05, 4.69) is 235 Å². The Labute approximate surface area is 372 Å². The van der Waals surface area contributed by atoms with Crippen molar-refractivity contribution in [1.82, 2.24) is 0 Å². The highest BCUT2D eigenvalue weighted by Gasteiger charge is 2.53. The van der Waals surface area contributed by atoms with Gasteiger partial charge in [-0.15, -0.1) is 0 Å². The molecule has 13 rings (SSSR count). The van der Waals surface area contributed by atoms with E-state index >= 15 is 0 Å². The zero-order valence-corrected chi connectivity index (χ0v) is 34.8. The van der Waals surface area contributed by atoms with E-state index in [4.69, 9.17) is 9.47 Å². The largest absolute Gasteiger partial charge is 0.449 e. The summed E-state index contributed by atoms with van der Waals surface area (Å²) in [4.78, 5) is 2.31. The second-order valence-electron chi connectivity index (χ2n) is 16.8. The molecule has 3 aliphatic rings. The second kappa shape index (κ2) is 14.3. The summed E-state index contributed by atoms with van der Waals surface area (Å²) >= 11 is 0. The standard InChI is InChI=1S/C61H39NO2/c1-3-17-40(18-4-1)42-21-13-22-43(37-42)45-24-15-26-47(39-45)62(46-25-14-23-44(38-46)41-19-5-2-6-20-41)55-33-16-34-56-59(55)64-60-57(63-56)36-35-54-58(60)50-29-9-12-32-53(50)61(54)51-30-10-7-27-48(51)49-28-8-11-31-52(49)61/h1-39H. The summed E-state index contributed by atoms with van der Waals surface area (Å²) in [7, 11) is 0. The van der Waals surface area contributed by atoms with Crippen molar-refractivity contribution in [2.45, 2.75) is 5.41 Å². The Morgan fingerprint density at radius 2 is 0.750 bits per heavy atom. The van der Waals surface area contributed by atoms with E-state index in [1.165, 1.54) is 44.5 Å². The molecular weight excluding hydrogens is 779 g/mol. The van der Waals surface area contributed by atoms with Crippen molar-refractivity contribution < 1.29 is 9.47 Å². The van der Waals surface area contributed by atoms with Gasteiger partial charge in [-0.2, -0.15) is 0 Å². The molecule has 1 heterocycles. The Balaban J connectivity index is 0.995. The van der Waals surface area contributed by atoms with Gasteiger partial charge in [0.05, 0.1) is 11.1 Å². The lowest BCUT2D eigenvalue weighted by molar-refractivity contribution is 0.361. The zero-order valence-electron chi connectivity index (χ0n) is 34.8. The van der Waals surface area contributed by atoms with Gasteiger partial charge >= 0.3 is 0 Å². The molecule has 0 saturated heterocycles. The number of hydrogen-bond acceptors (Lipinski definition) is 3. The predicted octanol–water partition coefficient (Wildman–Crippen LogP) is 16.4. The third kappa shape index (κ3) is 5.41. The van der Waals surface area contributed by atoms with Gasteiger partial charge in [0.1, 0.15) is 0 Å². The van der Waals surface area contributed by atoms with Gasteiger partial charge in [0.15, 0.2) is 23.0 Å². The predicted molar refractivity (Wildman–Crippen MR) is 260 cm³/mol. The van der Waals surface area contributed by atoms with Crippen molar-refractivity contribution in [2.75, 3.05) is 4.90 Å². The third-order valence-electron chi connectivity index (χ3n) is 13.3. The summed E-state index contributed by atoms with van der Waals surface area (Å²) < 4.78 is 14.4. The van der Waals surface area contributed by atoms with Crippen LogP contribution < -0.4 is 14.4 Å². The summed E-state index contributed by atoms with van der Waals surface area (Å²) in [5.41, 5.74) is 19.1. The maximum Gasteiger partial charge on any atom is 0.194 e. The molecule has 1 spiro atoms. The molecule has 0 bridgehead atoms. The second-order valence-corrected chi connectivity index (χ2v) is 16.8. The van der Waals surface area contributed by atoms with Crippen molar-refractivity contribution in [3.05, 3.63) is 259 Å². The lowest BCUT2D eigenvalue weighted by Gasteiger charge is -2.32. The normalized spacial score (nSPS) is 13.1. The van der Waals surface area contributed by atoms with Crippen molar-refractivity contribution >= 4 is 17.1 Å². The van der Waals surface area contributed by atoms with E-state index in [9.17, 15) is 0 Å². The average Bonchev–Trinajstić information content (AvgIpc) is 3.84. The number of anilines is 3. The van der Waals surface area contributed by atoms with Crippen LogP contribution in [0.25, 0.3) is 55.6 Å². The van der Waals surface area contributed by atoms with Crippen LogP contribution in [0.15, 0.2) is 237 Å². The molecule has 2 aliphatic carbocycles. The minimum atomic E-state index is -0.501. The van der Waals surface area contributed by atoms with Crippen LogP contribution in [-0.2, 0) is 5.41 Å². The lowest BCUT2D eigenvalue weighted by Crippen LogP contribution is -2.25. The molecular formula is C61H39NO2.